The number of amidine groups is 1. The van der Waals surface area contributed by atoms with Crippen LogP contribution in [0.15, 0.2) is 41.5 Å². The number of benzene rings is 1. The first-order chi connectivity index (χ1) is 9.35. The lowest BCUT2D eigenvalue weighted by Crippen LogP contribution is -2.07. The van der Waals surface area contributed by atoms with Crippen LogP contribution in [-0.4, -0.2) is 21.9 Å². The molecule has 1 aromatic heterocycles. The van der Waals surface area contributed by atoms with Gasteiger partial charge in [-0.15, -0.1) is 0 Å². The van der Waals surface area contributed by atoms with Gasteiger partial charge in [-0.3, -0.25) is 9.98 Å². The molecule has 3 nitrogen and oxygen atoms in total. The molecule has 4 heteroatoms. The van der Waals surface area contributed by atoms with Gasteiger partial charge in [-0.1, -0.05) is 31.2 Å². The number of aliphatic imine (C=N–C) groups is 1. The third-order valence-corrected chi connectivity index (χ3v) is 4.35. The van der Waals surface area contributed by atoms with Crippen LogP contribution in [-0.2, 0) is 0 Å². The number of hydrogen-bond donors (Lipinski definition) is 1. The molecule has 0 spiro atoms. The maximum Gasteiger partial charge on any atom is 0.161 e. The Hall–Kier alpha value is -1.55. The summed E-state index contributed by atoms with van der Waals surface area (Å²) < 4.78 is 0. The molecule has 0 saturated heterocycles. The Morgan fingerprint density at radius 3 is 3.21 bits per heavy atom. The number of rotatable bonds is 3. The van der Waals surface area contributed by atoms with Crippen LogP contribution in [0.5, 0.6) is 0 Å². The Morgan fingerprint density at radius 1 is 1.37 bits per heavy atom. The van der Waals surface area contributed by atoms with Crippen LogP contribution < -0.4 is 5.32 Å². The molecular weight excluding hydrogens is 254 g/mol. The Labute approximate surface area is 117 Å². The van der Waals surface area contributed by atoms with Gasteiger partial charge in [0.1, 0.15) is 0 Å². The van der Waals surface area contributed by atoms with Gasteiger partial charge in [0.05, 0.1) is 12.1 Å². The van der Waals surface area contributed by atoms with E-state index in [2.05, 4.69) is 40.4 Å². The van der Waals surface area contributed by atoms with Crippen molar-refractivity contribution in [1.29, 1.82) is 0 Å². The van der Waals surface area contributed by atoms with Gasteiger partial charge >= 0.3 is 0 Å². The van der Waals surface area contributed by atoms with Gasteiger partial charge in [0.15, 0.2) is 5.17 Å². The Morgan fingerprint density at radius 2 is 2.32 bits per heavy atom. The van der Waals surface area contributed by atoms with Crippen molar-refractivity contribution in [2.45, 2.75) is 25.0 Å². The van der Waals surface area contributed by atoms with Gasteiger partial charge in [-0.05, 0) is 30.7 Å². The predicted molar refractivity (Wildman–Crippen MR) is 84.0 cm³/mol. The smallest absolute Gasteiger partial charge is 0.161 e. The fourth-order valence-electron chi connectivity index (χ4n) is 2.24. The third-order valence-electron chi connectivity index (χ3n) is 3.18. The van der Waals surface area contributed by atoms with Crippen LogP contribution in [0.3, 0.4) is 0 Å². The zero-order valence-electron chi connectivity index (χ0n) is 11.0. The van der Waals surface area contributed by atoms with E-state index in [4.69, 9.17) is 0 Å². The van der Waals surface area contributed by atoms with E-state index in [1.165, 1.54) is 12.8 Å². The van der Waals surface area contributed by atoms with Crippen molar-refractivity contribution in [3.63, 3.8) is 0 Å². The minimum atomic E-state index is 0.648. The van der Waals surface area contributed by atoms with Gasteiger partial charge in [0, 0.05) is 22.5 Å². The van der Waals surface area contributed by atoms with Crippen molar-refractivity contribution in [3.8, 4) is 0 Å². The molecule has 1 atom stereocenters. The molecular formula is C15H17N3S. The van der Waals surface area contributed by atoms with E-state index in [1.807, 2.05) is 30.1 Å². The van der Waals surface area contributed by atoms with Gasteiger partial charge in [0.2, 0.25) is 0 Å². The first-order valence-electron chi connectivity index (χ1n) is 6.68. The Balaban J connectivity index is 1.72. The largest absolute Gasteiger partial charge is 0.335 e. The summed E-state index contributed by atoms with van der Waals surface area (Å²) in [7, 11) is 0. The van der Waals surface area contributed by atoms with Crippen LogP contribution in [0.1, 0.15) is 19.8 Å². The first-order valence-corrected chi connectivity index (χ1v) is 7.56. The summed E-state index contributed by atoms with van der Waals surface area (Å²) in [5.74, 6) is 0. The summed E-state index contributed by atoms with van der Waals surface area (Å²) >= 11 is 1.86. The molecule has 0 radical (unpaired) electrons. The zero-order chi connectivity index (χ0) is 13.1. The van der Waals surface area contributed by atoms with Gasteiger partial charge in [0.25, 0.3) is 0 Å². The number of nitrogens with one attached hydrogen (secondary N) is 1. The predicted octanol–water partition coefficient (Wildman–Crippen LogP) is 3.92. The fraction of sp³-hybridized carbons (Fsp3) is 0.333. The van der Waals surface area contributed by atoms with E-state index in [0.29, 0.717) is 5.25 Å². The van der Waals surface area contributed by atoms with Crippen molar-refractivity contribution in [3.05, 3.63) is 36.5 Å². The molecule has 0 aliphatic carbocycles. The lowest BCUT2D eigenvalue weighted by molar-refractivity contribution is 0.754. The van der Waals surface area contributed by atoms with Crippen molar-refractivity contribution < 1.29 is 0 Å². The highest BCUT2D eigenvalue weighted by atomic mass is 32.2. The van der Waals surface area contributed by atoms with Gasteiger partial charge < -0.3 is 5.32 Å². The summed E-state index contributed by atoms with van der Waals surface area (Å²) in [6.07, 6.45) is 4.28. The molecule has 98 valence electrons. The maximum absolute atomic E-state index is 4.56. The molecule has 1 aliphatic rings. The molecule has 3 rings (SSSR count). The molecule has 19 heavy (non-hydrogen) atoms. The quantitative estimate of drug-likeness (QED) is 0.919. The number of pyridine rings is 1. The van der Waals surface area contributed by atoms with Gasteiger partial charge in [-0.25, -0.2) is 0 Å². The highest BCUT2D eigenvalue weighted by Gasteiger charge is 2.18. The average molecular weight is 271 g/mol. The monoisotopic (exact) mass is 271 g/mol. The van der Waals surface area contributed by atoms with E-state index in [-0.39, 0.29) is 0 Å². The first kappa shape index (κ1) is 12.5. The molecule has 0 fully saturated rings. The second kappa shape index (κ2) is 5.61. The van der Waals surface area contributed by atoms with Crippen molar-refractivity contribution in [2.24, 2.45) is 4.99 Å². The second-order valence-electron chi connectivity index (χ2n) is 4.71. The minimum Gasteiger partial charge on any atom is -0.335 e. The molecule has 0 amide bonds. The molecule has 1 aromatic carbocycles. The lowest BCUT2D eigenvalue weighted by atomic mass is 10.2. The number of fused-ring (bicyclic) bond motifs is 1. The number of aromatic nitrogens is 1. The van der Waals surface area contributed by atoms with E-state index < -0.39 is 0 Å². The third kappa shape index (κ3) is 2.89. The summed E-state index contributed by atoms with van der Waals surface area (Å²) in [6.45, 7) is 3.16. The highest BCUT2D eigenvalue weighted by molar-refractivity contribution is 8.15. The molecule has 2 aromatic rings. The van der Waals surface area contributed by atoms with Crippen LogP contribution in [0.25, 0.3) is 10.9 Å². The summed E-state index contributed by atoms with van der Waals surface area (Å²) in [6, 6.07) is 10.3. The molecule has 0 bridgehead atoms. The van der Waals surface area contributed by atoms with E-state index in [9.17, 15) is 0 Å². The van der Waals surface area contributed by atoms with E-state index in [1.54, 1.807) is 0 Å². The number of hydrogen-bond acceptors (Lipinski definition) is 4. The maximum atomic E-state index is 4.56. The molecule has 0 saturated carbocycles. The standard InChI is InChI=1S/C15H17N3S/c1-2-4-13-10-17-15(19-13)18-12-6-7-14-11(9-12)5-3-8-16-14/h3,5-9,13H,2,4,10H2,1H3,(H,17,18). The summed E-state index contributed by atoms with van der Waals surface area (Å²) in [5.41, 5.74) is 2.11. The highest BCUT2D eigenvalue weighted by Crippen LogP contribution is 2.26. The van der Waals surface area contributed by atoms with E-state index >= 15 is 0 Å². The van der Waals surface area contributed by atoms with Crippen LogP contribution in [0.2, 0.25) is 0 Å². The van der Waals surface area contributed by atoms with Crippen molar-refractivity contribution in [1.82, 2.24) is 4.98 Å². The Bertz CT molecular complexity index is 609. The lowest BCUT2D eigenvalue weighted by Gasteiger charge is -2.08. The molecule has 2 heterocycles. The zero-order valence-corrected chi connectivity index (χ0v) is 11.8. The fourth-order valence-corrected chi connectivity index (χ4v) is 3.38. The molecule has 1 aliphatic heterocycles. The summed E-state index contributed by atoms with van der Waals surface area (Å²) in [5, 5.41) is 6.25. The van der Waals surface area contributed by atoms with Crippen LogP contribution >= 0.6 is 11.8 Å². The Kier molecular flexibility index (Phi) is 3.69. The second-order valence-corrected chi connectivity index (χ2v) is 6.00. The van der Waals surface area contributed by atoms with Gasteiger partial charge in [-0.2, -0.15) is 0 Å². The number of nitrogens with zero attached hydrogens (tertiary/aromatic N) is 2. The average Bonchev–Trinajstić information content (AvgIpc) is 2.86. The van der Waals surface area contributed by atoms with Crippen molar-refractivity contribution in [2.75, 3.05) is 11.9 Å². The number of anilines is 1. The number of thioether (sulfide) groups is 1. The van der Waals surface area contributed by atoms with E-state index in [0.717, 1.165) is 28.3 Å². The topological polar surface area (TPSA) is 37.3 Å². The molecule has 1 N–H and O–H groups in total. The summed E-state index contributed by atoms with van der Waals surface area (Å²) in [4.78, 5) is 8.89. The minimum absolute atomic E-state index is 0.648. The SMILES string of the molecule is CCCC1CN=C(Nc2ccc3ncccc3c2)S1. The van der Waals surface area contributed by atoms with Crippen LogP contribution in [0.4, 0.5) is 5.69 Å². The van der Waals surface area contributed by atoms with Crippen LogP contribution in [0, 0.1) is 0 Å². The molecule has 1 unspecified atom stereocenters. The van der Waals surface area contributed by atoms with Crippen molar-refractivity contribution >= 4 is 33.5 Å². The normalized spacial score (nSPS) is 18.6.